The Bertz CT molecular complexity index is 937. The van der Waals surface area contributed by atoms with Crippen LogP contribution in [-0.4, -0.2) is 28.2 Å². The first kappa shape index (κ1) is 17.9. The Morgan fingerprint density at radius 1 is 1.07 bits per heavy atom. The van der Waals surface area contributed by atoms with E-state index in [1.54, 1.807) is 7.11 Å². The van der Waals surface area contributed by atoms with E-state index in [0.717, 1.165) is 24.5 Å². The molecule has 2 heterocycles. The molecule has 4 nitrogen and oxygen atoms in total. The number of halogens is 1. The maximum absolute atomic E-state index is 5.98. The Labute approximate surface area is 169 Å². The Balaban J connectivity index is 1.65. The molecule has 0 unspecified atom stereocenters. The Hall–Kier alpha value is -2.50. The summed E-state index contributed by atoms with van der Waals surface area (Å²) in [5.41, 5.74) is 3.33. The fourth-order valence-corrected chi connectivity index (χ4v) is 3.91. The number of anilines is 1. The number of ether oxygens (including phenoxy) is 1. The van der Waals surface area contributed by atoms with Crippen molar-refractivity contribution in [3.05, 3.63) is 83.1 Å². The zero-order valence-electron chi connectivity index (χ0n) is 14.9. The van der Waals surface area contributed by atoms with E-state index in [9.17, 15) is 0 Å². The van der Waals surface area contributed by atoms with Crippen LogP contribution in [0, 0.1) is 0 Å². The highest BCUT2D eigenvalue weighted by atomic mass is 35.5. The van der Waals surface area contributed by atoms with E-state index in [4.69, 9.17) is 28.6 Å². The Morgan fingerprint density at radius 3 is 2.52 bits per heavy atom. The average Bonchev–Trinajstić information content (AvgIpc) is 3.18. The standard InChI is InChI=1S/C21H20ClN3OS/c1-26-18-10-4-15(5-11-18)20-19-3-2-12-24(19)13-14-25(20)21(27)23-17-8-6-16(22)7-9-17/h2-12,20H,13-14H2,1H3,(H,23,27)/t20-/m1/s1. The highest BCUT2D eigenvalue weighted by Gasteiger charge is 2.30. The zero-order chi connectivity index (χ0) is 18.8. The fraction of sp³-hybridized carbons (Fsp3) is 0.190. The van der Waals surface area contributed by atoms with Gasteiger partial charge in [-0.2, -0.15) is 0 Å². The van der Waals surface area contributed by atoms with Crippen molar-refractivity contribution in [2.24, 2.45) is 0 Å². The summed E-state index contributed by atoms with van der Waals surface area (Å²) in [6, 6.07) is 20.1. The fourth-order valence-electron chi connectivity index (χ4n) is 3.47. The third kappa shape index (κ3) is 3.66. The summed E-state index contributed by atoms with van der Waals surface area (Å²) in [7, 11) is 1.68. The molecule has 138 valence electrons. The topological polar surface area (TPSA) is 29.4 Å². The highest BCUT2D eigenvalue weighted by Crippen LogP contribution is 2.33. The maximum Gasteiger partial charge on any atom is 0.174 e. The molecule has 6 heteroatoms. The van der Waals surface area contributed by atoms with Crippen molar-refractivity contribution in [1.29, 1.82) is 0 Å². The molecule has 1 atom stereocenters. The number of benzene rings is 2. The van der Waals surface area contributed by atoms with Crippen LogP contribution in [0.3, 0.4) is 0 Å². The van der Waals surface area contributed by atoms with Crippen LogP contribution in [0.4, 0.5) is 5.69 Å². The number of fused-ring (bicyclic) bond motifs is 1. The van der Waals surface area contributed by atoms with Crippen LogP contribution < -0.4 is 10.1 Å². The molecule has 0 fully saturated rings. The van der Waals surface area contributed by atoms with Crippen LogP contribution in [0.1, 0.15) is 17.3 Å². The van der Waals surface area contributed by atoms with Gasteiger partial charge in [0.25, 0.3) is 0 Å². The number of nitrogens with zero attached hydrogens (tertiary/aromatic N) is 2. The smallest absolute Gasteiger partial charge is 0.174 e. The number of methoxy groups -OCH3 is 1. The number of hydrogen-bond acceptors (Lipinski definition) is 2. The van der Waals surface area contributed by atoms with Crippen molar-refractivity contribution in [3.8, 4) is 5.75 Å². The molecular formula is C21H20ClN3OS. The minimum Gasteiger partial charge on any atom is -0.497 e. The summed E-state index contributed by atoms with van der Waals surface area (Å²) in [6.45, 7) is 1.73. The molecule has 0 bridgehead atoms. The van der Waals surface area contributed by atoms with Crippen molar-refractivity contribution in [2.45, 2.75) is 12.6 Å². The quantitative estimate of drug-likeness (QED) is 0.633. The summed E-state index contributed by atoms with van der Waals surface area (Å²) in [4.78, 5) is 2.24. The predicted molar refractivity (Wildman–Crippen MR) is 114 cm³/mol. The maximum atomic E-state index is 5.98. The van der Waals surface area contributed by atoms with E-state index in [-0.39, 0.29) is 6.04 Å². The summed E-state index contributed by atoms with van der Waals surface area (Å²) in [5.74, 6) is 0.846. The molecule has 27 heavy (non-hydrogen) atoms. The molecule has 0 spiro atoms. The zero-order valence-corrected chi connectivity index (χ0v) is 16.5. The van der Waals surface area contributed by atoms with Crippen molar-refractivity contribution in [2.75, 3.05) is 19.0 Å². The first-order valence-corrected chi connectivity index (χ1v) is 9.56. The van der Waals surface area contributed by atoms with Crippen molar-refractivity contribution < 1.29 is 4.74 Å². The van der Waals surface area contributed by atoms with Gasteiger partial charge in [-0.05, 0) is 66.3 Å². The van der Waals surface area contributed by atoms with Gasteiger partial charge < -0.3 is 19.5 Å². The summed E-state index contributed by atoms with van der Waals surface area (Å²) >= 11 is 11.7. The molecule has 0 amide bonds. The van der Waals surface area contributed by atoms with Crippen LogP contribution in [0.25, 0.3) is 0 Å². The second kappa shape index (κ2) is 7.62. The summed E-state index contributed by atoms with van der Waals surface area (Å²) in [5, 5.41) is 4.76. The summed E-state index contributed by atoms with van der Waals surface area (Å²) < 4.78 is 7.59. The third-order valence-electron chi connectivity index (χ3n) is 4.83. The van der Waals surface area contributed by atoms with Gasteiger partial charge in [0.05, 0.1) is 13.2 Å². The first-order valence-electron chi connectivity index (χ1n) is 8.78. The van der Waals surface area contributed by atoms with Gasteiger partial charge in [-0.15, -0.1) is 0 Å². The molecule has 1 aromatic heterocycles. The number of hydrogen-bond donors (Lipinski definition) is 1. The van der Waals surface area contributed by atoms with Gasteiger partial charge in [0.1, 0.15) is 5.75 Å². The molecule has 0 saturated carbocycles. The lowest BCUT2D eigenvalue weighted by atomic mass is 10.00. The van der Waals surface area contributed by atoms with E-state index < -0.39 is 0 Å². The van der Waals surface area contributed by atoms with Crippen LogP contribution in [0.15, 0.2) is 66.9 Å². The van der Waals surface area contributed by atoms with Crippen LogP contribution in [-0.2, 0) is 6.54 Å². The molecule has 1 aliphatic rings. The number of rotatable bonds is 3. The lowest BCUT2D eigenvalue weighted by molar-refractivity contribution is 0.293. The number of nitrogens with one attached hydrogen (secondary N) is 1. The van der Waals surface area contributed by atoms with E-state index >= 15 is 0 Å². The number of aromatic nitrogens is 1. The van der Waals surface area contributed by atoms with Crippen LogP contribution >= 0.6 is 23.8 Å². The molecule has 0 aliphatic carbocycles. The largest absolute Gasteiger partial charge is 0.497 e. The van der Waals surface area contributed by atoms with Gasteiger partial charge in [-0.25, -0.2) is 0 Å². The monoisotopic (exact) mass is 397 g/mol. The van der Waals surface area contributed by atoms with E-state index in [1.807, 2.05) is 36.4 Å². The lowest BCUT2D eigenvalue weighted by Gasteiger charge is -2.39. The van der Waals surface area contributed by atoms with Crippen molar-refractivity contribution >= 4 is 34.6 Å². The Morgan fingerprint density at radius 2 is 1.81 bits per heavy atom. The lowest BCUT2D eigenvalue weighted by Crippen LogP contribution is -2.44. The molecule has 1 aliphatic heterocycles. The van der Waals surface area contributed by atoms with Crippen molar-refractivity contribution in [3.63, 3.8) is 0 Å². The molecular weight excluding hydrogens is 378 g/mol. The molecule has 1 N–H and O–H groups in total. The van der Waals surface area contributed by atoms with Gasteiger partial charge >= 0.3 is 0 Å². The molecule has 3 aromatic rings. The predicted octanol–water partition coefficient (Wildman–Crippen LogP) is 4.95. The molecule has 0 radical (unpaired) electrons. The van der Waals surface area contributed by atoms with Gasteiger partial charge in [0.2, 0.25) is 0 Å². The highest BCUT2D eigenvalue weighted by molar-refractivity contribution is 7.80. The van der Waals surface area contributed by atoms with E-state index in [1.165, 1.54) is 11.3 Å². The Kier molecular flexibility index (Phi) is 5.05. The summed E-state index contributed by atoms with van der Waals surface area (Å²) in [6.07, 6.45) is 2.12. The van der Waals surface area contributed by atoms with Gasteiger partial charge in [-0.1, -0.05) is 23.7 Å². The minimum absolute atomic E-state index is 0.0481. The van der Waals surface area contributed by atoms with Gasteiger partial charge in [0.15, 0.2) is 5.11 Å². The normalized spacial score (nSPS) is 15.9. The first-order chi connectivity index (χ1) is 13.2. The second-order valence-electron chi connectivity index (χ2n) is 6.43. The molecule has 0 saturated heterocycles. The molecule has 2 aromatic carbocycles. The average molecular weight is 398 g/mol. The minimum atomic E-state index is 0.0481. The van der Waals surface area contributed by atoms with Gasteiger partial charge in [-0.3, -0.25) is 0 Å². The SMILES string of the molecule is COc1ccc([C@@H]2c3cccn3CCN2C(=S)Nc2ccc(Cl)cc2)cc1. The van der Waals surface area contributed by atoms with Crippen molar-refractivity contribution in [1.82, 2.24) is 9.47 Å². The van der Waals surface area contributed by atoms with E-state index in [2.05, 4.69) is 45.2 Å². The number of thiocarbonyl (C=S) groups is 1. The molecule has 4 rings (SSSR count). The van der Waals surface area contributed by atoms with E-state index in [0.29, 0.717) is 10.1 Å². The second-order valence-corrected chi connectivity index (χ2v) is 7.26. The van der Waals surface area contributed by atoms with Gasteiger partial charge in [0, 0.05) is 35.7 Å². The van der Waals surface area contributed by atoms with Crippen LogP contribution in [0.5, 0.6) is 5.75 Å². The third-order valence-corrected chi connectivity index (χ3v) is 5.41. The van der Waals surface area contributed by atoms with Crippen LogP contribution in [0.2, 0.25) is 5.02 Å².